The highest BCUT2D eigenvalue weighted by Gasteiger charge is 2.33. The molecule has 3 aromatic rings. The lowest BCUT2D eigenvalue weighted by atomic mass is 10.1. The molecule has 1 N–H and O–H groups in total. The number of sulfonamides is 1. The average molecular weight is 528 g/mol. The fraction of sp³-hybridized carbons (Fsp3) is 0.259. The summed E-state index contributed by atoms with van der Waals surface area (Å²) in [4.78, 5) is 27.9. The van der Waals surface area contributed by atoms with Crippen molar-refractivity contribution in [2.45, 2.75) is 38.3 Å². The largest absolute Gasteiger partial charge is 0.355 e. The zero-order chi connectivity index (χ0) is 26.3. The second-order valence-electron chi connectivity index (χ2n) is 8.35. The number of benzene rings is 3. The number of carbonyl (C=O) groups is 2. The molecule has 0 aliphatic heterocycles. The van der Waals surface area contributed by atoms with Crippen LogP contribution in [0.4, 0.5) is 5.69 Å². The highest BCUT2D eigenvalue weighted by molar-refractivity contribution is 7.92. The number of hydrogen-bond donors (Lipinski definition) is 1. The third-order valence-corrected chi connectivity index (χ3v) is 7.82. The summed E-state index contributed by atoms with van der Waals surface area (Å²) >= 11 is 6.38. The second kappa shape index (κ2) is 12.1. The van der Waals surface area contributed by atoms with Crippen LogP contribution in [0.15, 0.2) is 83.8 Å². The van der Waals surface area contributed by atoms with Crippen LogP contribution in [-0.2, 0) is 26.2 Å². The van der Waals surface area contributed by atoms with Crippen LogP contribution in [0.5, 0.6) is 0 Å². The SMILES string of the molecule is CCNC(=O)[C@H](C)N(Cc1ccc(C)cc1)C(=O)CN(c1ccccc1Cl)S(=O)(=O)c1ccccc1. The van der Waals surface area contributed by atoms with Gasteiger partial charge in [0.15, 0.2) is 0 Å². The predicted molar refractivity (Wildman–Crippen MR) is 142 cm³/mol. The van der Waals surface area contributed by atoms with Crippen molar-refractivity contribution in [1.29, 1.82) is 0 Å². The van der Waals surface area contributed by atoms with E-state index in [1.54, 1.807) is 56.3 Å². The van der Waals surface area contributed by atoms with Gasteiger partial charge in [0.25, 0.3) is 10.0 Å². The molecule has 3 rings (SSSR count). The van der Waals surface area contributed by atoms with Crippen molar-refractivity contribution >= 4 is 39.1 Å². The summed E-state index contributed by atoms with van der Waals surface area (Å²) in [6.45, 7) is 5.39. The van der Waals surface area contributed by atoms with Crippen molar-refractivity contribution in [2.24, 2.45) is 0 Å². The van der Waals surface area contributed by atoms with Crippen LogP contribution in [0.2, 0.25) is 5.02 Å². The van der Waals surface area contributed by atoms with Crippen molar-refractivity contribution in [1.82, 2.24) is 10.2 Å². The van der Waals surface area contributed by atoms with Crippen LogP contribution in [-0.4, -0.2) is 44.3 Å². The molecule has 0 saturated heterocycles. The number of halogens is 1. The fourth-order valence-corrected chi connectivity index (χ4v) is 5.42. The van der Waals surface area contributed by atoms with E-state index in [1.807, 2.05) is 31.2 Å². The molecule has 0 radical (unpaired) electrons. The van der Waals surface area contributed by atoms with Crippen LogP contribution < -0.4 is 9.62 Å². The Morgan fingerprint density at radius 1 is 0.944 bits per heavy atom. The Bertz CT molecular complexity index is 1300. The molecule has 3 aromatic carbocycles. The molecular weight excluding hydrogens is 498 g/mol. The molecule has 0 unspecified atom stereocenters. The Kier molecular flexibility index (Phi) is 9.12. The van der Waals surface area contributed by atoms with Crippen molar-refractivity contribution < 1.29 is 18.0 Å². The van der Waals surface area contributed by atoms with Gasteiger partial charge >= 0.3 is 0 Å². The summed E-state index contributed by atoms with van der Waals surface area (Å²) in [7, 11) is -4.14. The smallest absolute Gasteiger partial charge is 0.264 e. The van der Waals surface area contributed by atoms with Crippen LogP contribution in [0, 0.1) is 6.92 Å². The molecule has 2 amide bonds. The van der Waals surface area contributed by atoms with E-state index in [0.717, 1.165) is 15.4 Å². The van der Waals surface area contributed by atoms with Crippen LogP contribution in [0.3, 0.4) is 0 Å². The summed E-state index contributed by atoms with van der Waals surface area (Å²) in [5.41, 5.74) is 2.06. The second-order valence-corrected chi connectivity index (χ2v) is 10.6. The summed E-state index contributed by atoms with van der Waals surface area (Å²) < 4.78 is 28.3. The number of rotatable bonds is 10. The number of anilines is 1. The van der Waals surface area contributed by atoms with Gasteiger partial charge in [-0.1, -0.05) is 71.8 Å². The normalized spacial score (nSPS) is 12.0. The Morgan fingerprint density at radius 3 is 2.17 bits per heavy atom. The topological polar surface area (TPSA) is 86.8 Å². The Hall–Kier alpha value is -3.36. The molecule has 0 aliphatic rings. The monoisotopic (exact) mass is 527 g/mol. The number of hydrogen-bond acceptors (Lipinski definition) is 4. The molecule has 7 nitrogen and oxygen atoms in total. The van der Waals surface area contributed by atoms with Gasteiger partial charge in [0.05, 0.1) is 15.6 Å². The molecule has 0 saturated carbocycles. The van der Waals surface area contributed by atoms with E-state index in [2.05, 4.69) is 5.32 Å². The van der Waals surface area contributed by atoms with Crippen molar-refractivity contribution in [2.75, 3.05) is 17.4 Å². The lowest BCUT2D eigenvalue weighted by Crippen LogP contribution is -2.51. The first-order valence-corrected chi connectivity index (χ1v) is 13.4. The summed E-state index contributed by atoms with van der Waals surface area (Å²) in [6.07, 6.45) is 0. The van der Waals surface area contributed by atoms with Crippen molar-refractivity contribution in [3.8, 4) is 0 Å². The van der Waals surface area contributed by atoms with Crippen LogP contribution in [0.1, 0.15) is 25.0 Å². The summed E-state index contributed by atoms with van der Waals surface area (Å²) in [6, 6.07) is 21.1. The molecule has 0 heterocycles. The quantitative estimate of drug-likeness (QED) is 0.423. The van der Waals surface area contributed by atoms with Crippen LogP contribution in [0.25, 0.3) is 0 Å². The van der Waals surface area contributed by atoms with E-state index in [1.165, 1.54) is 17.0 Å². The first-order valence-electron chi connectivity index (χ1n) is 11.6. The van der Waals surface area contributed by atoms with E-state index < -0.39 is 28.5 Å². The summed E-state index contributed by atoms with van der Waals surface area (Å²) in [5, 5.41) is 2.93. The maximum absolute atomic E-state index is 13.7. The number of aryl methyl sites for hydroxylation is 1. The molecule has 0 aromatic heterocycles. The number of amides is 2. The zero-order valence-electron chi connectivity index (χ0n) is 20.5. The lowest BCUT2D eigenvalue weighted by molar-refractivity contribution is -0.139. The van der Waals surface area contributed by atoms with Gasteiger partial charge in [0, 0.05) is 13.1 Å². The van der Waals surface area contributed by atoms with E-state index >= 15 is 0 Å². The van der Waals surface area contributed by atoms with E-state index in [9.17, 15) is 18.0 Å². The zero-order valence-corrected chi connectivity index (χ0v) is 22.1. The van der Waals surface area contributed by atoms with E-state index in [0.29, 0.717) is 6.54 Å². The highest BCUT2D eigenvalue weighted by Crippen LogP contribution is 2.30. The molecule has 0 bridgehead atoms. The molecule has 9 heteroatoms. The predicted octanol–water partition coefficient (Wildman–Crippen LogP) is 4.40. The molecular formula is C27H30ClN3O4S. The number of likely N-dealkylation sites (N-methyl/N-ethyl adjacent to an activating group) is 1. The van der Waals surface area contributed by atoms with Gasteiger partial charge in [-0.2, -0.15) is 0 Å². The Morgan fingerprint density at radius 2 is 1.56 bits per heavy atom. The molecule has 36 heavy (non-hydrogen) atoms. The van der Waals surface area contributed by atoms with Gasteiger partial charge in [0.2, 0.25) is 11.8 Å². The fourth-order valence-electron chi connectivity index (χ4n) is 3.68. The maximum atomic E-state index is 13.7. The standard InChI is InChI=1S/C27H30ClN3O4S/c1-4-29-27(33)21(3)30(18-22-16-14-20(2)15-17-22)26(32)19-31(25-13-9-8-12-24(25)28)36(34,35)23-10-6-5-7-11-23/h5-17,21H,4,18-19H2,1-3H3,(H,29,33)/t21-/m0/s1. The molecule has 0 fully saturated rings. The van der Waals surface area contributed by atoms with Gasteiger partial charge in [-0.3, -0.25) is 13.9 Å². The minimum absolute atomic E-state index is 0.0274. The number of carbonyl (C=O) groups excluding carboxylic acids is 2. The Balaban J connectivity index is 2.02. The maximum Gasteiger partial charge on any atom is 0.264 e. The van der Waals surface area contributed by atoms with E-state index in [4.69, 9.17) is 11.6 Å². The van der Waals surface area contributed by atoms with Gasteiger partial charge in [-0.15, -0.1) is 0 Å². The lowest BCUT2D eigenvalue weighted by Gasteiger charge is -2.32. The Labute approximate surface area is 217 Å². The number of para-hydroxylation sites is 1. The van der Waals surface area contributed by atoms with Crippen LogP contribution >= 0.6 is 11.6 Å². The van der Waals surface area contributed by atoms with Crippen molar-refractivity contribution in [3.05, 3.63) is 95.0 Å². The van der Waals surface area contributed by atoms with Gasteiger partial charge in [-0.25, -0.2) is 8.42 Å². The van der Waals surface area contributed by atoms with Crippen molar-refractivity contribution in [3.63, 3.8) is 0 Å². The average Bonchev–Trinajstić information content (AvgIpc) is 2.87. The molecule has 190 valence electrons. The minimum atomic E-state index is -4.14. The molecule has 0 aliphatic carbocycles. The third-order valence-electron chi connectivity index (χ3n) is 5.72. The first-order chi connectivity index (χ1) is 17.1. The highest BCUT2D eigenvalue weighted by atomic mass is 35.5. The van der Waals surface area contributed by atoms with Gasteiger partial charge in [-0.05, 0) is 50.6 Å². The third kappa shape index (κ3) is 6.44. The first kappa shape index (κ1) is 27.2. The van der Waals surface area contributed by atoms with Gasteiger partial charge in [0.1, 0.15) is 12.6 Å². The minimum Gasteiger partial charge on any atom is -0.355 e. The number of nitrogens with one attached hydrogen (secondary N) is 1. The van der Waals surface area contributed by atoms with E-state index in [-0.39, 0.29) is 28.1 Å². The molecule has 1 atom stereocenters. The van der Waals surface area contributed by atoms with Gasteiger partial charge < -0.3 is 10.2 Å². The molecule has 0 spiro atoms. The number of nitrogens with zero attached hydrogens (tertiary/aromatic N) is 2. The summed E-state index contributed by atoms with van der Waals surface area (Å²) in [5.74, 6) is -0.859.